The Bertz CT molecular complexity index is 350. The number of hydrogen-bond donors (Lipinski definition) is 2. The van der Waals surface area contributed by atoms with Crippen LogP contribution in [0.3, 0.4) is 0 Å². The summed E-state index contributed by atoms with van der Waals surface area (Å²) in [6, 6.07) is 0. The maximum Gasteiger partial charge on any atom is 0.421 e. The summed E-state index contributed by atoms with van der Waals surface area (Å²) in [4.78, 5) is 32.5. The third-order valence-electron chi connectivity index (χ3n) is 2.64. The minimum absolute atomic E-state index is 0.0620. The molecule has 1 atom stereocenters. The Morgan fingerprint density at radius 3 is 2.24 bits per heavy atom. The predicted molar refractivity (Wildman–Crippen MR) is 77.8 cm³/mol. The van der Waals surface area contributed by atoms with E-state index in [1.165, 1.54) is 0 Å². The van der Waals surface area contributed by atoms with Gasteiger partial charge in [0.25, 0.3) is 0 Å². The lowest BCUT2D eigenvalue weighted by molar-refractivity contribution is -0.329. The van der Waals surface area contributed by atoms with E-state index < -0.39 is 23.8 Å². The first-order valence-electron chi connectivity index (χ1n) is 7.01. The second kappa shape index (κ2) is 8.19. The molecule has 1 unspecified atom stereocenters. The number of hydrogen-bond acceptors (Lipinski definition) is 6. The molecule has 0 aromatic rings. The number of carbonyl (C=O) groups excluding carboxylic acids is 2. The lowest BCUT2D eigenvalue weighted by Crippen LogP contribution is -2.37. The number of hydrazine groups is 1. The van der Waals surface area contributed by atoms with Crippen LogP contribution in [0.1, 0.15) is 60.8 Å². The normalized spacial score (nSPS) is 13.5. The van der Waals surface area contributed by atoms with Crippen LogP contribution in [0.4, 0.5) is 4.79 Å². The molecule has 0 fully saturated rings. The van der Waals surface area contributed by atoms with Gasteiger partial charge in [0, 0.05) is 12.8 Å². The Hall–Kier alpha value is -1.34. The van der Waals surface area contributed by atoms with Crippen LogP contribution >= 0.6 is 0 Å². The zero-order valence-electron chi connectivity index (χ0n) is 13.8. The topological polar surface area (TPSA) is 99.9 Å². The van der Waals surface area contributed by atoms with Crippen molar-refractivity contribution in [2.75, 3.05) is 0 Å². The molecule has 7 nitrogen and oxygen atoms in total. The quantitative estimate of drug-likeness (QED) is 0.324. The fourth-order valence-corrected chi connectivity index (χ4v) is 1.66. The third-order valence-corrected chi connectivity index (χ3v) is 2.64. The molecule has 7 heteroatoms. The first-order valence-corrected chi connectivity index (χ1v) is 7.01. The van der Waals surface area contributed by atoms with Crippen molar-refractivity contribution in [2.24, 2.45) is 11.3 Å². The molecule has 0 radical (unpaired) electrons. The summed E-state index contributed by atoms with van der Waals surface area (Å²) >= 11 is 0. The van der Waals surface area contributed by atoms with E-state index in [0.717, 1.165) is 0 Å². The Morgan fingerprint density at radius 2 is 1.76 bits per heavy atom. The van der Waals surface area contributed by atoms with Gasteiger partial charge in [-0.2, -0.15) is 4.89 Å². The largest absolute Gasteiger partial charge is 0.445 e. The van der Waals surface area contributed by atoms with Gasteiger partial charge in [-0.05, 0) is 32.6 Å². The molecule has 3 N–H and O–H groups in total. The van der Waals surface area contributed by atoms with Crippen LogP contribution in [0.5, 0.6) is 0 Å². The number of nitrogens with one attached hydrogen (secondary N) is 1. The van der Waals surface area contributed by atoms with Gasteiger partial charge in [-0.1, -0.05) is 20.8 Å². The molecule has 0 aliphatic heterocycles. The summed E-state index contributed by atoms with van der Waals surface area (Å²) in [5, 5.41) is 0. The Labute approximate surface area is 126 Å². The first kappa shape index (κ1) is 19.7. The van der Waals surface area contributed by atoms with Crippen molar-refractivity contribution >= 4 is 12.1 Å². The van der Waals surface area contributed by atoms with Crippen molar-refractivity contribution in [1.29, 1.82) is 0 Å². The fraction of sp³-hybridized carbons (Fsp3) is 0.857. The van der Waals surface area contributed by atoms with E-state index >= 15 is 0 Å². The van der Waals surface area contributed by atoms with Gasteiger partial charge in [0.05, 0.1) is 0 Å². The molecule has 0 rings (SSSR count). The molecule has 1 amide bonds. The van der Waals surface area contributed by atoms with E-state index in [0.29, 0.717) is 19.3 Å². The molecule has 0 heterocycles. The molecular weight excluding hydrogens is 276 g/mol. The summed E-state index contributed by atoms with van der Waals surface area (Å²) in [7, 11) is 0. The molecular formula is C14H28N2O5. The summed E-state index contributed by atoms with van der Waals surface area (Å²) < 4.78 is 4.94. The lowest BCUT2D eigenvalue weighted by Gasteiger charge is -2.26. The van der Waals surface area contributed by atoms with Crippen LogP contribution < -0.4 is 11.3 Å². The van der Waals surface area contributed by atoms with Crippen molar-refractivity contribution < 1.29 is 24.1 Å². The first-order chi connectivity index (χ1) is 9.45. The van der Waals surface area contributed by atoms with Gasteiger partial charge < -0.3 is 4.74 Å². The van der Waals surface area contributed by atoms with E-state index in [1.807, 2.05) is 26.2 Å². The van der Waals surface area contributed by atoms with Gasteiger partial charge in [-0.3, -0.25) is 10.3 Å². The van der Waals surface area contributed by atoms with Gasteiger partial charge in [0.2, 0.25) is 0 Å². The van der Waals surface area contributed by atoms with Gasteiger partial charge in [-0.15, -0.1) is 0 Å². The highest BCUT2D eigenvalue weighted by Gasteiger charge is 2.27. The van der Waals surface area contributed by atoms with E-state index in [4.69, 9.17) is 20.4 Å². The molecule has 0 aliphatic rings. The standard InChI is InChI=1S/C14H28N2O5/c1-10(19-12(18)16-15)9-14(5,6)21-20-11(17)7-8-13(2,3)4/h10H,7-9,15H2,1-6H3,(H,16,18). The lowest BCUT2D eigenvalue weighted by atomic mass is 9.91. The zero-order chi connectivity index (χ0) is 16.7. The van der Waals surface area contributed by atoms with E-state index in [-0.39, 0.29) is 5.41 Å². The molecule has 0 bridgehead atoms. The maximum atomic E-state index is 11.6. The minimum Gasteiger partial charge on any atom is -0.445 e. The van der Waals surface area contributed by atoms with Crippen LogP contribution in [0, 0.1) is 5.41 Å². The third kappa shape index (κ3) is 11.0. The number of amides is 1. The summed E-state index contributed by atoms with van der Waals surface area (Å²) in [6.45, 7) is 11.3. The van der Waals surface area contributed by atoms with Gasteiger partial charge in [-0.25, -0.2) is 15.4 Å². The second-order valence-electron chi connectivity index (χ2n) is 6.92. The summed E-state index contributed by atoms with van der Waals surface area (Å²) in [5.41, 5.74) is 1.17. The molecule has 0 saturated carbocycles. The zero-order valence-corrected chi connectivity index (χ0v) is 13.8. The molecule has 124 valence electrons. The molecule has 0 saturated heterocycles. The van der Waals surface area contributed by atoms with E-state index in [2.05, 4.69) is 0 Å². The molecule has 0 aromatic carbocycles. The fourth-order valence-electron chi connectivity index (χ4n) is 1.66. The minimum atomic E-state index is -0.772. The van der Waals surface area contributed by atoms with Crippen LogP contribution in [0.25, 0.3) is 0 Å². The van der Waals surface area contributed by atoms with Crippen LogP contribution in [0.2, 0.25) is 0 Å². The average Bonchev–Trinajstić information content (AvgIpc) is 2.32. The number of rotatable bonds is 7. The van der Waals surface area contributed by atoms with Crippen LogP contribution in [-0.2, 0) is 19.3 Å². The Balaban J connectivity index is 4.11. The van der Waals surface area contributed by atoms with Crippen molar-refractivity contribution in [3.8, 4) is 0 Å². The highest BCUT2D eigenvalue weighted by atomic mass is 17.2. The SMILES string of the molecule is CC(CC(C)(C)OOC(=O)CCC(C)(C)C)OC(=O)NN. The number of ether oxygens (including phenoxy) is 1. The van der Waals surface area contributed by atoms with Crippen molar-refractivity contribution in [1.82, 2.24) is 5.43 Å². The molecule has 21 heavy (non-hydrogen) atoms. The van der Waals surface area contributed by atoms with E-state index in [9.17, 15) is 9.59 Å². The highest BCUT2D eigenvalue weighted by molar-refractivity contribution is 5.68. The van der Waals surface area contributed by atoms with Crippen molar-refractivity contribution in [2.45, 2.75) is 72.5 Å². The number of carbonyl (C=O) groups is 2. The van der Waals surface area contributed by atoms with E-state index in [1.54, 1.807) is 20.8 Å². The number of nitrogens with two attached hydrogens (primary N) is 1. The second-order valence-corrected chi connectivity index (χ2v) is 6.92. The van der Waals surface area contributed by atoms with Crippen LogP contribution in [0.15, 0.2) is 0 Å². The predicted octanol–water partition coefficient (Wildman–Crippen LogP) is 2.44. The molecule has 0 aliphatic carbocycles. The van der Waals surface area contributed by atoms with Gasteiger partial charge in [0.1, 0.15) is 11.7 Å². The van der Waals surface area contributed by atoms with Crippen molar-refractivity contribution in [3.05, 3.63) is 0 Å². The molecule has 0 aromatic heterocycles. The van der Waals surface area contributed by atoms with Gasteiger partial charge >= 0.3 is 12.1 Å². The molecule has 0 spiro atoms. The Kier molecular flexibility index (Phi) is 7.67. The summed E-state index contributed by atoms with van der Waals surface area (Å²) in [6.07, 6.45) is 0.206. The monoisotopic (exact) mass is 304 g/mol. The van der Waals surface area contributed by atoms with Crippen LogP contribution in [-0.4, -0.2) is 23.8 Å². The highest BCUT2D eigenvalue weighted by Crippen LogP contribution is 2.22. The average molecular weight is 304 g/mol. The smallest absolute Gasteiger partial charge is 0.421 e. The summed E-state index contributed by atoms with van der Waals surface area (Å²) in [5.74, 6) is 4.51. The van der Waals surface area contributed by atoms with Crippen molar-refractivity contribution in [3.63, 3.8) is 0 Å². The maximum absolute atomic E-state index is 11.6. The Morgan fingerprint density at radius 1 is 1.19 bits per heavy atom. The van der Waals surface area contributed by atoms with Gasteiger partial charge in [0.15, 0.2) is 0 Å².